The molecular weight excluding hydrogens is 370 g/mol. The molecule has 1 aromatic carbocycles. The Morgan fingerprint density at radius 2 is 1.93 bits per heavy atom. The highest BCUT2D eigenvalue weighted by atomic mass is 16.5. The quantitative estimate of drug-likeness (QED) is 0.657. The van der Waals surface area contributed by atoms with Crippen LogP contribution >= 0.6 is 0 Å². The van der Waals surface area contributed by atoms with Crippen LogP contribution < -0.4 is 4.74 Å². The first-order chi connectivity index (χ1) is 14.1. The molecule has 0 spiro atoms. The standard InChI is InChI=1S/C21H23N5O3/c1-3-28-17-6-4-16(5-7-17)21(27)26-10-8-15(9-11-26)19-24-20(29-25-19)18-13-22-14(2)12-23-18/h4-7,12-13,15H,3,8-11H2,1-2H3. The monoisotopic (exact) mass is 393 g/mol. The molecular formula is C21H23N5O3. The van der Waals surface area contributed by atoms with Crippen LogP contribution in [-0.2, 0) is 0 Å². The van der Waals surface area contributed by atoms with Crippen LogP contribution in [0.25, 0.3) is 11.6 Å². The largest absolute Gasteiger partial charge is 0.494 e. The fourth-order valence-corrected chi connectivity index (χ4v) is 3.39. The van der Waals surface area contributed by atoms with Crippen LogP contribution in [0.1, 0.15) is 47.6 Å². The van der Waals surface area contributed by atoms with Gasteiger partial charge in [-0.3, -0.25) is 9.78 Å². The maximum absolute atomic E-state index is 12.7. The van der Waals surface area contributed by atoms with E-state index in [9.17, 15) is 4.79 Å². The number of amides is 1. The zero-order valence-corrected chi connectivity index (χ0v) is 16.5. The molecule has 29 heavy (non-hydrogen) atoms. The lowest BCUT2D eigenvalue weighted by Crippen LogP contribution is -2.38. The maximum atomic E-state index is 12.7. The third-order valence-corrected chi connectivity index (χ3v) is 5.00. The molecule has 1 saturated heterocycles. The number of carbonyl (C=O) groups is 1. The van der Waals surface area contributed by atoms with Crippen LogP contribution in [-0.4, -0.2) is 50.6 Å². The lowest BCUT2D eigenvalue weighted by molar-refractivity contribution is 0.0710. The van der Waals surface area contributed by atoms with Crippen LogP contribution in [0.2, 0.25) is 0 Å². The molecule has 0 saturated carbocycles. The summed E-state index contributed by atoms with van der Waals surface area (Å²) in [7, 11) is 0. The Morgan fingerprint density at radius 1 is 1.17 bits per heavy atom. The number of aryl methyl sites for hydroxylation is 1. The summed E-state index contributed by atoms with van der Waals surface area (Å²) in [5.74, 6) is 2.01. The Bertz CT molecular complexity index is 961. The number of piperidine rings is 1. The van der Waals surface area contributed by atoms with E-state index >= 15 is 0 Å². The Morgan fingerprint density at radius 3 is 2.59 bits per heavy atom. The minimum absolute atomic E-state index is 0.0372. The van der Waals surface area contributed by atoms with Gasteiger partial charge >= 0.3 is 0 Å². The van der Waals surface area contributed by atoms with Crippen LogP contribution in [0.4, 0.5) is 0 Å². The Kier molecular flexibility index (Phi) is 5.50. The first-order valence-corrected chi connectivity index (χ1v) is 9.79. The maximum Gasteiger partial charge on any atom is 0.278 e. The number of benzene rings is 1. The van der Waals surface area contributed by atoms with Crippen molar-refractivity contribution >= 4 is 5.91 Å². The lowest BCUT2D eigenvalue weighted by Gasteiger charge is -2.30. The molecule has 0 bridgehead atoms. The third kappa shape index (κ3) is 4.26. The van der Waals surface area contributed by atoms with Crippen LogP contribution in [0.5, 0.6) is 5.75 Å². The van der Waals surface area contributed by atoms with Crippen molar-refractivity contribution in [3.63, 3.8) is 0 Å². The van der Waals surface area contributed by atoms with Gasteiger partial charge < -0.3 is 14.2 Å². The molecule has 1 aliphatic heterocycles. The van der Waals surface area contributed by atoms with E-state index in [1.165, 1.54) is 0 Å². The minimum Gasteiger partial charge on any atom is -0.494 e. The predicted molar refractivity (Wildman–Crippen MR) is 106 cm³/mol. The molecule has 0 unspecified atom stereocenters. The normalized spacial score (nSPS) is 14.8. The number of likely N-dealkylation sites (tertiary alicyclic amines) is 1. The van der Waals surface area contributed by atoms with Crippen molar-refractivity contribution < 1.29 is 14.1 Å². The molecule has 0 radical (unpaired) electrons. The third-order valence-electron chi connectivity index (χ3n) is 5.00. The van der Waals surface area contributed by atoms with Crippen LogP contribution in [0.3, 0.4) is 0 Å². The smallest absolute Gasteiger partial charge is 0.278 e. The molecule has 0 N–H and O–H groups in total. The van der Waals surface area contributed by atoms with E-state index in [-0.39, 0.29) is 11.8 Å². The summed E-state index contributed by atoms with van der Waals surface area (Å²) < 4.78 is 10.8. The van der Waals surface area contributed by atoms with E-state index in [1.807, 2.05) is 43.0 Å². The zero-order valence-electron chi connectivity index (χ0n) is 16.5. The Balaban J connectivity index is 1.37. The van der Waals surface area contributed by atoms with Crippen molar-refractivity contribution in [2.45, 2.75) is 32.6 Å². The van der Waals surface area contributed by atoms with E-state index in [2.05, 4.69) is 20.1 Å². The average Bonchev–Trinajstić information content (AvgIpc) is 3.25. The van der Waals surface area contributed by atoms with E-state index in [4.69, 9.17) is 9.26 Å². The number of ether oxygens (including phenoxy) is 1. The topological polar surface area (TPSA) is 94.2 Å². The van der Waals surface area contributed by atoms with Gasteiger partial charge in [-0.15, -0.1) is 0 Å². The SMILES string of the molecule is CCOc1ccc(C(=O)N2CCC(c3noc(-c4cnc(C)cn4)n3)CC2)cc1. The number of hydrogen-bond acceptors (Lipinski definition) is 7. The summed E-state index contributed by atoms with van der Waals surface area (Å²) in [4.78, 5) is 27.6. The van der Waals surface area contributed by atoms with Crippen molar-refractivity contribution in [3.8, 4) is 17.3 Å². The molecule has 3 heterocycles. The molecule has 1 fully saturated rings. The van der Waals surface area contributed by atoms with E-state index in [0.717, 1.165) is 24.3 Å². The van der Waals surface area contributed by atoms with E-state index < -0.39 is 0 Å². The Hall–Kier alpha value is -3.29. The molecule has 3 aromatic rings. The van der Waals surface area contributed by atoms with E-state index in [0.29, 0.717) is 42.7 Å². The number of carbonyl (C=O) groups excluding carboxylic acids is 1. The van der Waals surface area contributed by atoms with Gasteiger partial charge in [-0.25, -0.2) is 4.98 Å². The number of aromatic nitrogens is 4. The second-order valence-electron chi connectivity index (χ2n) is 7.02. The number of nitrogens with zero attached hydrogens (tertiary/aromatic N) is 5. The van der Waals surface area contributed by atoms with Gasteiger partial charge in [-0.1, -0.05) is 5.16 Å². The second kappa shape index (κ2) is 8.38. The van der Waals surface area contributed by atoms with Crippen molar-refractivity contribution in [2.24, 2.45) is 0 Å². The van der Waals surface area contributed by atoms with Crippen LogP contribution in [0.15, 0.2) is 41.2 Å². The zero-order chi connectivity index (χ0) is 20.2. The van der Waals surface area contributed by atoms with Crippen molar-refractivity contribution in [3.05, 3.63) is 53.7 Å². The minimum atomic E-state index is 0.0372. The molecule has 1 amide bonds. The highest BCUT2D eigenvalue weighted by Gasteiger charge is 2.28. The summed E-state index contributed by atoms with van der Waals surface area (Å²) >= 11 is 0. The molecule has 8 heteroatoms. The highest BCUT2D eigenvalue weighted by molar-refractivity contribution is 5.94. The molecule has 4 rings (SSSR count). The molecule has 2 aromatic heterocycles. The molecule has 8 nitrogen and oxygen atoms in total. The Labute approximate surface area is 168 Å². The summed E-state index contributed by atoms with van der Waals surface area (Å²) in [6.45, 7) is 5.73. The fraction of sp³-hybridized carbons (Fsp3) is 0.381. The average molecular weight is 393 g/mol. The van der Waals surface area contributed by atoms with Gasteiger partial charge in [0.25, 0.3) is 11.8 Å². The van der Waals surface area contributed by atoms with Crippen molar-refractivity contribution in [1.29, 1.82) is 0 Å². The van der Waals surface area contributed by atoms with Crippen molar-refractivity contribution in [1.82, 2.24) is 25.0 Å². The summed E-state index contributed by atoms with van der Waals surface area (Å²) in [6.07, 6.45) is 4.89. The molecule has 150 valence electrons. The van der Waals surface area contributed by atoms with Gasteiger partial charge in [-0.05, 0) is 51.0 Å². The second-order valence-corrected chi connectivity index (χ2v) is 7.02. The summed E-state index contributed by atoms with van der Waals surface area (Å²) in [5, 5.41) is 4.12. The van der Waals surface area contributed by atoms with Crippen molar-refractivity contribution in [2.75, 3.05) is 19.7 Å². The number of hydrogen-bond donors (Lipinski definition) is 0. The van der Waals surface area contributed by atoms with Gasteiger partial charge in [0.1, 0.15) is 11.4 Å². The lowest BCUT2D eigenvalue weighted by atomic mass is 9.95. The van der Waals surface area contributed by atoms with Gasteiger partial charge in [0, 0.05) is 30.8 Å². The highest BCUT2D eigenvalue weighted by Crippen LogP contribution is 2.28. The van der Waals surface area contributed by atoms with Gasteiger partial charge in [0.05, 0.1) is 18.5 Å². The first-order valence-electron chi connectivity index (χ1n) is 9.79. The van der Waals surface area contributed by atoms with E-state index in [1.54, 1.807) is 12.4 Å². The summed E-state index contributed by atoms with van der Waals surface area (Å²) in [5.41, 5.74) is 2.07. The van der Waals surface area contributed by atoms with Gasteiger partial charge in [-0.2, -0.15) is 4.98 Å². The molecule has 0 atom stereocenters. The molecule has 0 aliphatic carbocycles. The van der Waals surface area contributed by atoms with Gasteiger partial charge in [0.15, 0.2) is 5.82 Å². The predicted octanol–water partition coefficient (Wildman–Crippen LogP) is 3.25. The first kappa shape index (κ1) is 19.0. The van der Waals surface area contributed by atoms with Crippen LogP contribution in [0, 0.1) is 6.92 Å². The fourth-order valence-electron chi connectivity index (χ4n) is 3.39. The number of rotatable bonds is 5. The molecule has 1 aliphatic rings. The van der Waals surface area contributed by atoms with Gasteiger partial charge in [0.2, 0.25) is 0 Å². The summed E-state index contributed by atoms with van der Waals surface area (Å²) in [6, 6.07) is 7.29.